The highest BCUT2D eigenvalue weighted by Gasteiger charge is 2.19. The van der Waals surface area contributed by atoms with E-state index in [4.69, 9.17) is 10.5 Å². The molecule has 0 aliphatic rings. The fraction of sp³-hybridized carbons (Fsp3) is 0.764. The molecule has 0 saturated heterocycles. The van der Waals surface area contributed by atoms with Crippen LogP contribution in [0.15, 0.2) is 60.8 Å². The Kier molecular flexibility index (Phi) is 46.8. The van der Waals surface area contributed by atoms with Gasteiger partial charge in [-0.15, -0.1) is 0 Å². The highest BCUT2D eigenvalue weighted by atomic mass is 16.5. The van der Waals surface area contributed by atoms with E-state index < -0.39 is 12.0 Å². The molecule has 0 aromatic rings. The first-order valence-electron chi connectivity index (χ1n) is 26.1. The maximum atomic E-state index is 12.9. The van der Waals surface area contributed by atoms with Crippen molar-refractivity contribution in [1.82, 2.24) is 5.32 Å². The second-order valence-corrected chi connectivity index (χ2v) is 17.6. The minimum absolute atomic E-state index is 0.0379. The van der Waals surface area contributed by atoms with Crippen LogP contribution in [0.1, 0.15) is 251 Å². The molecule has 0 aliphatic carbocycles. The molecule has 0 aliphatic heterocycles. The molecule has 0 radical (unpaired) electrons. The van der Waals surface area contributed by atoms with Gasteiger partial charge in [0.05, 0.1) is 0 Å². The van der Waals surface area contributed by atoms with Crippen LogP contribution < -0.4 is 11.1 Å². The molecule has 0 fully saturated rings. The summed E-state index contributed by atoms with van der Waals surface area (Å²) >= 11 is 0. The van der Waals surface area contributed by atoms with Crippen LogP contribution in [-0.4, -0.2) is 41.6 Å². The van der Waals surface area contributed by atoms with Crippen molar-refractivity contribution in [1.29, 1.82) is 0 Å². The van der Waals surface area contributed by atoms with Crippen molar-refractivity contribution >= 4 is 17.8 Å². The van der Waals surface area contributed by atoms with Crippen molar-refractivity contribution in [3.05, 3.63) is 60.8 Å². The maximum absolute atomic E-state index is 12.9. The number of carbonyl (C=O) groups is 3. The number of nitrogens with one attached hydrogen (secondary N) is 1. The van der Waals surface area contributed by atoms with Crippen LogP contribution in [0.2, 0.25) is 0 Å². The Morgan fingerprint density at radius 3 is 1.32 bits per heavy atom. The molecular weight excluding hydrogens is 769 g/mol. The van der Waals surface area contributed by atoms with E-state index in [0.29, 0.717) is 32.2 Å². The normalized spacial score (nSPS) is 13.1. The molecule has 0 rings (SSSR count). The quantitative estimate of drug-likeness (QED) is 0.0318. The first kappa shape index (κ1) is 59.1. The average molecular weight is 867 g/mol. The largest absolute Gasteiger partial charge is 0.480 e. The molecule has 4 N–H and O–H groups in total. The second kappa shape index (κ2) is 49.1. The fourth-order valence-electron chi connectivity index (χ4n) is 7.61. The highest BCUT2D eigenvalue weighted by molar-refractivity contribution is 5.83. The van der Waals surface area contributed by atoms with E-state index in [0.717, 1.165) is 89.9 Å². The third-order valence-corrected chi connectivity index (χ3v) is 11.6. The predicted molar refractivity (Wildman–Crippen MR) is 266 cm³/mol. The van der Waals surface area contributed by atoms with Crippen LogP contribution in [0.4, 0.5) is 0 Å². The fourth-order valence-corrected chi connectivity index (χ4v) is 7.61. The van der Waals surface area contributed by atoms with Gasteiger partial charge in [-0.05, 0) is 122 Å². The van der Waals surface area contributed by atoms with Gasteiger partial charge in [0.1, 0.15) is 12.1 Å². The molecule has 7 nitrogen and oxygen atoms in total. The number of esters is 1. The number of rotatable bonds is 47. The van der Waals surface area contributed by atoms with Crippen LogP contribution in [0.5, 0.6) is 0 Å². The van der Waals surface area contributed by atoms with E-state index in [9.17, 15) is 19.5 Å². The average Bonchev–Trinajstić information content (AvgIpc) is 3.26. The van der Waals surface area contributed by atoms with Gasteiger partial charge in [-0.25, -0.2) is 4.79 Å². The Hall–Kier alpha value is -2.93. The number of carbonyl (C=O) groups excluding carboxylic acids is 2. The van der Waals surface area contributed by atoms with Crippen molar-refractivity contribution in [3.8, 4) is 0 Å². The summed E-state index contributed by atoms with van der Waals surface area (Å²) in [7, 11) is 0. The molecule has 2 unspecified atom stereocenters. The van der Waals surface area contributed by atoms with Gasteiger partial charge in [0, 0.05) is 12.8 Å². The van der Waals surface area contributed by atoms with Crippen LogP contribution in [0.25, 0.3) is 0 Å². The summed E-state index contributed by atoms with van der Waals surface area (Å²) in [5.41, 5.74) is 5.50. The Labute approximate surface area is 382 Å². The van der Waals surface area contributed by atoms with Crippen molar-refractivity contribution in [2.24, 2.45) is 5.73 Å². The molecule has 0 saturated carbocycles. The number of hydrogen-bond acceptors (Lipinski definition) is 5. The molecule has 0 aromatic carbocycles. The van der Waals surface area contributed by atoms with Gasteiger partial charge in [-0.1, -0.05) is 184 Å². The molecule has 0 heterocycles. The molecule has 2 atom stereocenters. The number of amides is 1. The van der Waals surface area contributed by atoms with E-state index in [-0.39, 0.29) is 18.0 Å². The van der Waals surface area contributed by atoms with Gasteiger partial charge >= 0.3 is 11.9 Å². The zero-order chi connectivity index (χ0) is 45.2. The number of carboxylic acids is 1. The van der Waals surface area contributed by atoms with E-state index in [1.165, 1.54) is 122 Å². The standard InChI is InChI=1S/C55H98N2O5/c1-3-5-7-9-11-13-15-17-18-19-20-21-22-23-24-25-26-28-30-32-34-39-43-49-54(59)62-51(45-40-36-33-31-29-27-16-14-12-10-8-6-4-2)46-41-37-35-38-42-48-53(58)57-52(55(60)61)47-44-50-56/h15-17,19-20,22-23,27,31,33,51-52H,3-14,18,21,24-26,28-30,32,34-50,56H2,1-2H3,(H,57,58)(H,60,61)/b17-15-,20-19-,23-22-,27-16-,33-31-. The van der Waals surface area contributed by atoms with Gasteiger partial charge < -0.3 is 20.9 Å². The maximum Gasteiger partial charge on any atom is 0.326 e. The minimum atomic E-state index is -1.01. The van der Waals surface area contributed by atoms with Gasteiger partial charge in [-0.3, -0.25) is 9.59 Å². The third-order valence-electron chi connectivity index (χ3n) is 11.6. The Morgan fingerprint density at radius 1 is 0.468 bits per heavy atom. The zero-order valence-electron chi connectivity index (χ0n) is 40.5. The van der Waals surface area contributed by atoms with Gasteiger partial charge in [0.25, 0.3) is 0 Å². The van der Waals surface area contributed by atoms with Crippen molar-refractivity contribution in [3.63, 3.8) is 0 Å². The smallest absolute Gasteiger partial charge is 0.326 e. The van der Waals surface area contributed by atoms with Gasteiger partial charge in [0.15, 0.2) is 0 Å². The zero-order valence-corrected chi connectivity index (χ0v) is 40.5. The second-order valence-electron chi connectivity index (χ2n) is 17.6. The Morgan fingerprint density at radius 2 is 0.855 bits per heavy atom. The van der Waals surface area contributed by atoms with Crippen LogP contribution in [0.3, 0.4) is 0 Å². The number of nitrogens with two attached hydrogens (primary N) is 1. The van der Waals surface area contributed by atoms with E-state index in [2.05, 4.69) is 79.9 Å². The predicted octanol–water partition coefficient (Wildman–Crippen LogP) is 15.7. The summed E-state index contributed by atoms with van der Waals surface area (Å²) < 4.78 is 6.06. The lowest BCUT2D eigenvalue weighted by Gasteiger charge is -2.18. The molecule has 7 heteroatoms. The van der Waals surface area contributed by atoms with E-state index in [1.807, 2.05) is 0 Å². The lowest BCUT2D eigenvalue weighted by atomic mass is 10.0. The SMILES string of the molecule is CCCCCCC/C=C\C/C=C\C/C=C\CCCCCCCCCCC(=O)OC(CCC/C=C\C/C=C\CCCCCCC)CCCCCCCC(=O)NC(CCCN)C(=O)O. The lowest BCUT2D eigenvalue weighted by molar-refractivity contribution is -0.150. The van der Waals surface area contributed by atoms with Crippen molar-refractivity contribution < 1.29 is 24.2 Å². The molecule has 358 valence electrons. The number of unbranched alkanes of at least 4 members (excludes halogenated alkanes) is 23. The number of hydrogen-bond donors (Lipinski definition) is 3. The number of allylic oxidation sites excluding steroid dienone is 10. The Balaban J connectivity index is 4.30. The van der Waals surface area contributed by atoms with Gasteiger partial charge in [0.2, 0.25) is 5.91 Å². The van der Waals surface area contributed by atoms with Crippen LogP contribution in [0, 0.1) is 0 Å². The summed E-state index contributed by atoms with van der Waals surface area (Å²) in [6.45, 7) is 4.93. The van der Waals surface area contributed by atoms with Crippen molar-refractivity contribution in [2.75, 3.05) is 6.54 Å². The molecular formula is C55H98N2O5. The topological polar surface area (TPSA) is 119 Å². The molecule has 0 aromatic heterocycles. The van der Waals surface area contributed by atoms with E-state index in [1.54, 1.807) is 0 Å². The molecule has 0 spiro atoms. The van der Waals surface area contributed by atoms with Gasteiger partial charge in [-0.2, -0.15) is 0 Å². The first-order valence-corrected chi connectivity index (χ1v) is 26.1. The Bertz CT molecular complexity index is 1160. The minimum Gasteiger partial charge on any atom is -0.480 e. The summed E-state index contributed by atoms with van der Waals surface area (Å²) in [6.07, 6.45) is 62.8. The number of carboxylic acid groups (broad SMARTS) is 1. The van der Waals surface area contributed by atoms with Crippen LogP contribution in [-0.2, 0) is 19.1 Å². The van der Waals surface area contributed by atoms with Crippen LogP contribution >= 0.6 is 0 Å². The molecule has 0 bridgehead atoms. The monoisotopic (exact) mass is 867 g/mol. The lowest BCUT2D eigenvalue weighted by Crippen LogP contribution is -2.40. The molecule has 62 heavy (non-hydrogen) atoms. The molecule has 1 amide bonds. The number of aliphatic carboxylic acids is 1. The van der Waals surface area contributed by atoms with E-state index >= 15 is 0 Å². The first-order chi connectivity index (χ1) is 30.4. The number of ether oxygens (including phenoxy) is 1. The van der Waals surface area contributed by atoms with Crippen molar-refractivity contribution in [2.45, 2.75) is 264 Å². The highest BCUT2D eigenvalue weighted by Crippen LogP contribution is 2.18. The third kappa shape index (κ3) is 45.1. The summed E-state index contributed by atoms with van der Waals surface area (Å²) in [5, 5.41) is 12.0. The summed E-state index contributed by atoms with van der Waals surface area (Å²) in [4.78, 5) is 36.5. The summed E-state index contributed by atoms with van der Waals surface area (Å²) in [5.74, 6) is -1.27. The summed E-state index contributed by atoms with van der Waals surface area (Å²) in [6, 6.07) is -0.864.